The number of nitriles is 1. The maximum absolute atomic E-state index is 13.7. The number of hydrogen-bond acceptors (Lipinski definition) is 4. The summed E-state index contributed by atoms with van der Waals surface area (Å²) in [4.78, 5) is 15.7. The molecule has 3 aromatic rings. The van der Waals surface area contributed by atoms with Gasteiger partial charge in [0.15, 0.2) is 5.69 Å². The zero-order chi connectivity index (χ0) is 20.8. The first kappa shape index (κ1) is 19.1. The average molecular weight is 402 g/mol. The van der Waals surface area contributed by atoms with Gasteiger partial charge in [0.05, 0.1) is 17.2 Å². The molecule has 2 N–H and O–H groups in total. The lowest BCUT2D eigenvalue weighted by molar-refractivity contribution is -0.142. The molecule has 6 nitrogen and oxygen atoms in total. The number of phenolic OH excluding ortho intramolecular Hbond substituents is 1. The molecule has 2 aromatic heterocycles. The van der Waals surface area contributed by atoms with E-state index in [1.165, 1.54) is 24.4 Å². The van der Waals surface area contributed by atoms with E-state index in [0.29, 0.717) is 12.8 Å². The normalized spacial score (nSPS) is 15.5. The van der Waals surface area contributed by atoms with Gasteiger partial charge < -0.3 is 10.1 Å². The highest BCUT2D eigenvalue weighted by atomic mass is 19.4. The first-order valence-corrected chi connectivity index (χ1v) is 9.26. The highest BCUT2D eigenvalue weighted by Gasteiger charge is 2.41. The molecule has 4 rings (SSSR count). The number of aromatic hydroxyl groups is 1. The maximum atomic E-state index is 13.7. The van der Waals surface area contributed by atoms with Gasteiger partial charge in [-0.25, -0.2) is 0 Å². The first-order valence-electron chi connectivity index (χ1n) is 9.26. The number of nitrogens with one attached hydrogen (secondary N) is 1. The van der Waals surface area contributed by atoms with E-state index in [1.54, 1.807) is 0 Å². The molecule has 0 saturated heterocycles. The van der Waals surface area contributed by atoms with Gasteiger partial charge in [0.1, 0.15) is 11.4 Å². The second kappa shape index (κ2) is 6.95. The molecular formula is C20H17F3N4O2. The Hall–Kier alpha value is -3.28. The molecule has 0 aliphatic heterocycles. The molecule has 1 aliphatic carbocycles. The molecule has 1 fully saturated rings. The molecule has 0 radical (unpaired) electrons. The number of fused-ring (bicyclic) bond motifs is 1. The average Bonchev–Trinajstić information content (AvgIpc) is 3.10. The smallest absolute Gasteiger partial charge is 0.435 e. The van der Waals surface area contributed by atoms with Crippen LogP contribution in [0.25, 0.3) is 16.8 Å². The summed E-state index contributed by atoms with van der Waals surface area (Å²) in [6.07, 6.45) is 0.481. The summed E-state index contributed by atoms with van der Waals surface area (Å²) in [6, 6.07) is 5.85. The van der Waals surface area contributed by atoms with Crippen molar-refractivity contribution in [2.45, 2.75) is 44.2 Å². The van der Waals surface area contributed by atoms with Crippen molar-refractivity contribution in [3.05, 3.63) is 51.6 Å². The number of alkyl halides is 3. The fourth-order valence-corrected chi connectivity index (χ4v) is 4.04. The number of H-pyrrole nitrogens is 1. The van der Waals surface area contributed by atoms with E-state index < -0.39 is 17.4 Å². The van der Waals surface area contributed by atoms with Crippen molar-refractivity contribution in [1.29, 1.82) is 5.26 Å². The van der Waals surface area contributed by atoms with Crippen molar-refractivity contribution in [2.24, 2.45) is 0 Å². The fraction of sp³-hybridized carbons (Fsp3) is 0.350. The first-order chi connectivity index (χ1) is 13.8. The van der Waals surface area contributed by atoms with Crippen LogP contribution < -0.4 is 5.56 Å². The van der Waals surface area contributed by atoms with E-state index >= 15 is 0 Å². The molecule has 1 aliphatic rings. The minimum Gasteiger partial charge on any atom is -0.507 e. The van der Waals surface area contributed by atoms with Crippen LogP contribution in [0.5, 0.6) is 5.75 Å². The number of nitrogens with zero attached hydrogens (tertiary/aromatic N) is 3. The zero-order valence-electron chi connectivity index (χ0n) is 15.3. The van der Waals surface area contributed by atoms with Crippen LogP contribution in [0.1, 0.15) is 54.8 Å². The van der Waals surface area contributed by atoms with E-state index in [-0.39, 0.29) is 39.6 Å². The Balaban J connectivity index is 1.94. The molecule has 0 amide bonds. The SMILES string of the molecule is N#Cc1ccc(-c2c[nH]c3c(C4CCCCC4)c(C(F)(F)F)nn3c2=O)c(O)c1. The van der Waals surface area contributed by atoms with Crippen LogP contribution in [0.2, 0.25) is 0 Å². The molecule has 1 aromatic carbocycles. The summed E-state index contributed by atoms with van der Waals surface area (Å²) in [6.45, 7) is 0. The Kier molecular flexibility index (Phi) is 4.57. The van der Waals surface area contributed by atoms with Gasteiger partial charge in [0.25, 0.3) is 5.56 Å². The van der Waals surface area contributed by atoms with E-state index in [9.17, 15) is 23.1 Å². The van der Waals surface area contributed by atoms with Crippen LogP contribution in [0.4, 0.5) is 13.2 Å². The lowest BCUT2D eigenvalue weighted by Gasteiger charge is -2.22. The highest BCUT2D eigenvalue weighted by Crippen LogP contribution is 2.41. The van der Waals surface area contributed by atoms with E-state index in [4.69, 9.17) is 5.26 Å². The van der Waals surface area contributed by atoms with Gasteiger partial charge in [-0.1, -0.05) is 19.3 Å². The molecule has 2 heterocycles. The third-order valence-corrected chi connectivity index (χ3v) is 5.40. The molecule has 0 unspecified atom stereocenters. The molecule has 29 heavy (non-hydrogen) atoms. The standard InChI is InChI=1S/C20H17F3N4O2/c21-20(22,23)17-16(12-4-2-1-3-5-12)18-25-10-14(19(29)27(18)26-17)13-7-6-11(9-24)8-15(13)28/h6-8,10,12,25,28H,1-5H2. The topological polar surface area (TPSA) is 94.2 Å². The second-order valence-electron chi connectivity index (χ2n) is 7.21. The second-order valence-corrected chi connectivity index (χ2v) is 7.21. The van der Waals surface area contributed by atoms with Crippen molar-refractivity contribution >= 4 is 5.65 Å². The summed E-state index contributed by atoms with van der Waals surface area (Å²) < 4.78 is 41.8. The number of rotatable bonds is 2. The van der Waals surface area contributed by atoms with E-state index in [0.717, 1.165) is 23.8 Å². The summed E-state index contributed by atoms with van der Waals surface area (Å²) >= 11 is 0. The molecule has 9 heteroatoms. The lowest BCUT2D eigenvalue weighted by Crippen LogP contribution is -2.18. The minimum atomic E-state index is -4.68. The van der Waals surface area contributed by atoms with Crippen molar-refractivity contribution in [3.63, 3.8) is 0 Å². The maximum Gasteiger partial charge on any atom is 0.435 e. The Bertz CT molecular complexity index is 1180. The molecule has 150 valence electrons. The van der Waals surface area contributed by atoms with E-state index in [1.807, 2.05) is 6.07 Å². The Labute approximate surface area is 163 Å². The Morgan fingerprint density at radius 2 is 1.93 bits per heavy atom. The predicted molar refractivity (Wildman–Crippen MR) is 98.5 cm³/mol. The van der Waals surface area contributed by atoms with Gasteiger partial charge in [-0.3, -0.25) is 4.79 Å². The van der Waals surface area contributed by atoms with Crippen molar-refractivity contribution < 1.29 is 18.3 Å². The fourth-order valence-electron chi connectivity index (χ4n) is 4.04. The predicted octanol–water partition coefficient (Wildman–Crippen LogP) is 4.33. The number of benzene rings is 1. The monoisotopic (exact) mass is 402 g/mol. The summed E-state index contributed by atoms with van der Waals surface area (Å²) in [5.41, 5.74) is -1.48. The van der Waals surface area contributed by atoms with Crippen molar-refractivity contribution in [1.82, 2.24) is 14.6 Å². The molecule has 0 bridgehead atoms. The number of phenols is 1. The molecule has 1 saturated carbocycles. The van der Waals surface area contributed by atoms with E-state index in [2.05, 4.69) is 10.1 Å². The minimum absolute atomic E-state index is 0.0323. The lowest BCUT2D eigenvalue weighted by atomic mass is 9.84. The van der Waals surface area contributed by atoms with Gasteiger partial charge in [-0.15, -0.1) is 0 Å². The van der Waals surface area contributed by atoms with Crippen LogP contribution >= 0.6 is 0 Å². The highest BCUT2D eigenvalue weighted by molar-refractivity contribution is 5.71. The van der Waals surface area contributed by atoms with Gasteiger partial charge in [-0.05, 0) is 37.0 Å². The van der Waals surface area contributed by atoms with Crippen LogP contribution in [-0.4, -0.2) is 19.7 Å². The van der Waals surface area contributed by atoms with Gasteiger partial charge in [-0.2, -0.15) is 28.0 Å². The number of hydrogen-bond donors (Lipinski definition) is 2. The molecular weight excluding hydrogens is 385 g/mol. The number of aromatic amines is 1. The van der Waals surface area contributed by atoms with Crippen molar-refractivity contribution in [2.75, 3.05) is 0 Å². The van der Waals surface area contributed by atoms with Crippen LogP contribution in [0, 0.1) is 11.3 Å². The largest absolute Gasteiger partial charge is 0.507 e. The third-order valence-electron chi connectivity index (χ3n) is 5.40. The zero-order valence-corrected chi connectivity index (χ0v) is 15.3. The third kappa shape index (κ3) is 3.24. The van der Waals surface area contributed by atoms with Crippen LogP contribution in [-0.2, 0) is 6.18 Å². The number of aromatic nitrogens is 3. The summed E-state index contributed by atoms with van der Waals surface area (Å²) in [5, 5.41) is 22.7. The van der Waals surface area contributed by atoms with Crippen LogP contribution in [0.3, 0.4) is 0 Å². The molecule has 0 spiro atoms. The summed E-state index contributed by atoms with van der Waals surface area (Å²) in [5.74, 6) is -0.632. The van der Waals surface area contributed by atoms with Gasteiger partial charge >= 0.3 is 6.18 Å². The number of halogens is 3. The van der Waals surface area contributed by atoms with Gasteiger partial charge in [0.2, 0.25) is 0 Å². The van der Waals surface area contributed by atoms with Crippen molar-refractivity contribution in [3.8, 4) is 22.9 Å². The quantitative estimate of drug-likeness (QED) is 0.667. The Morgan fingerprint density at radius 3 is 2.55 bits per heavy atom. The van der Waals surface area contributed by atoms with Gasteiger partial charge in [0, 0.05) is 17.3 Å². The van der Waals surface area contributed by atoms with Crippen LogP contribution in [0.15, 0.2) is 29.2 Å². The molecule has 0 atom stereocenters. The summed E-state index contributed by atoms with van der Waals surface area (Å²) in [7, 11) is 0. The Morgan fingerprint density at radius 1 is 1.21 bits per heavy atom.